The molecule has 17 heavy (non-hydrogen) atoms. The lowest BCUT2D eigenvalue weighted by Crippen LogP contribution is -2.17. The summed E-state index contributed by atoms with van der Waals surface area (Å²) in [5.41, 5.74) is 5.75. The van der Waals surface area contributed by atoms with Gasteiger partial charge >= 0.3 is 5.97 Å². The number of thioether (sulfide) groups is 1. The smallest absolute Gasteiger partial charge is 0.335 e. The van der Waals surface area contributed by atoms with Gasteiger partial charge in [-0.25, -0.2) is 4.79 Å². The average Bonchev–Trinajstić information content (AvgIpc) is 2.27. The summed E-state index contributed by atoms with van der Waals surface area (Å²) in [4.78, 5) is 21.9. The molecule has 0 spiro atoms. The number of carbonyl (C=O) groups excluding carboxylic acids is 1. The van der Waals surface area contributed by atoms with E-state index in [0.717, 1.165) is 11.8 Å². The van der Waals surface area contributed by atoms with E-state index in [4.69, 9.17) is 16.2 Å². The highest BCUT2D eigenvalue weighted by Crippen LogP contribution is 2.10. The fraction of sp³-hybridized carbons (Fsp3) is 0.100. The van der Waals surface area contributed by atoms with Gasteiger partial charge < -0.3 is 16.2 Å². The van der Waals surface area contributed by atoms with Crippen molar-refractivity contribution in [3.8, 4) is 0 Å². The summed E-state index contributed by atoms with van der Waals surface area (Å²) in [5.74, 6) is -1.26. The van der Waals surface area contributed by atoms with Gasteiger partial charge in [0.2, 0.25) is 5.91 Å². The van der Waals surface area contributed by atoms with E-state index in [1.807, 2.05) is 0 Å². The monoisotopic (exact) mass is 253 g/mol. The van der Waals surface area contributed by atoms with Gasteiger partial charge in [0, 0.05) is 5.69 Å². The molecule has 0 radical (unpaired) electrons. The highest BCUT2D eigenvalue weighted by atomic mass is 32.2. The Labute approximate surface area is 102 Å². The SMILES string of the molecule is N=C(N)SCC(=O)Nc1ccc(C(=O)O)cc1. The number of aromatic carboxylic acids is 1. The van der Waals surface area contributed by atoms with Crippen molar-refractivity contribution in [1.29, 1.82) is 5.41 Å². The van der Waals surface area contributed by atoms with Crippen molar-refractivity contribution in [3.63, 3.8) is 0 Å². The lowest BCUT2D eigenvalue weighted by molar-refractivity contribution is -0.113. The molecule has 0 aliphatic rings. The fourth-order valence-corrected chi connectivity index (χ4v) is 1.40. The first-order chi connectivity index (χ1) is 7.99. The Hall–Kier alpha value is -2.02. The number of carboxylic acids is 1. The molecule has 1 rings (SSSR count). The van der Waals surface area contributed by atoms with Crippen LogP contribution in [0, 0.1) is 5.41 Å². The van der Waals surface area contributed by atoms with Crippen LogP contribution in [0.15, 0.2) is 24.3 Å². The van der Waals surface area contributed by atoms with Crippen LogP contribution in [-0.2, 0) is 4.79 Å². The summed E-state index contributed by atoms with van der Waals surface area (Å²) >= 11 is 0.922. The van der Waals surface area contributed by atoms with E-state index in [0.29, 0.717) is 5.69 Å². The number of amides is 1. The van der Waals surface area contributed by atoms with E-state index >= 15 is 0 Å². The van der Waals surface area contributed by atoms with E-state index in [-0.39, 0.29) is 22.4 Å². The van der Waals surface area contributed by atoms with Crippen molar-refractivity contribution in [3.05, 3.63) is 29.8 Å². The van der Waals surface area contributed by atoms with Crippen LogP contribution in [0.4, 0.5) is 5.69 Å². The zero-order valence-electron chi connectivity index (χ0n) is 8.77. The van der Waals surface area contributed by atoms with Crippen molar-refractivity contribution < 1.29 is 14.7 Å². The average molecular weight is 253 g/mol. The van der Waals surface area contributed by atoms with Crippen molar-refractivity contribution >= 4 is 34.5 Å². The van der Waals surface area contributed by atoms with Gasteiger partial charge in [0.1, 0.15) is 0 Å². The molecule has 1 amide bonds. The molecule has 0 aliphatic carbocycles. The zero-order valence-corrected chi connectivity index (χ0v) is 9.58. The predicted molar refractivity (Wildman–Crippen MR) is 66.4 cm³/mol. The Morgan fingerprint density at radius 2 is 1.94 bits per heavy atom. The molecule has 1 aromatic carbocycles. The van der Waals surface area contributed by atoms with Gasteiger partial charge in [0.25, 0.3) is 0 Å². The number of amidine groups is 1. The van der Waals surface area contributed by atoms with Gasteiger partial charge in [-0.3, -0.25) is 10.2 Å². The maximum Gasteiger partial charge on any atom is 0.335 e. The molecule has 7 heteroatoms. The van der Waals surface area contributed by atoms with Crippen LogP contribution in [0.5, 0.6) is 0 Å². The highest BCUT2D eigenvalue weighted by molar-refractivity contribution is 8.14. The number of carbonyl (C=O) groups is 2. The van der Waals surface area contributed by atoms with E-state index < -0.39 is 5.97 Å². The third-order valence-electron chi connectivity index (χ3n) is 1.77. The Bertz CT molecular complexity index is 445. The van der Waals surface area contributed by atoms with E-state index in [1.54, 1.807) is 0 Å². The molecule has 0 unspecified atom stereocenters. The zero-order chi connectivity index (χ0) is 12.8. The summed E-state index contributed by atoms with van der Waals surface area (Å²) in [6.07, 6.45) is 0. The van der Waals surface area contributed by atoms with Crippen LogP contribution in [-0.4, -0.2) is 27.9 Å². The first kappa shape index (κ1) is 13.0. The van der Waals surface area contributed by atoms with E-state index in [2.05, 4.69) is 5.32 Å². The Balaban J connectivity index is 2.54. The van der Waals surface area contributed by atoms with Gasteiger partial charge in [-0.05, 0) is 24.3 Å². The second-order valence-corrected chi connectivity index (χ2v) is 4.10. The summed E-state index contributed by atoms with van der Waals surface area (Å²) in [6.45, 7) is 0. The second kappa shape index (κ2) is 5.90. The predicted octanol–water partition coefficient (Wildman–Crippen LogP) is 0.950. The number of anilines is 1. The Kier molecular flexibility index (Phi) is 4.53. The second-order valence-electron chi connectivity index (χ2n) is 3.08. The van der Waals surface area contributed by atoms with Crippen molar-refractivity contribution in [1.82, 2.24) is 0 Å². The lowest BCUT2D eigenvalue weighted by Gasteiger charge is -2.04. The van der Waals surface area contributed by atoms with Crippen molar-refractivity contribution in [2.24, 2.45) is 5.73 Å². The van der Waals surface area contributed by atoms with Gasteiger partial charge in [-0.15, -0.1) is 0 Å². The summed E-state index contributed by atoms with van der Waals surface area (Å²) in [7, 11) is 0. The maximum atomic E-state index is 11.3. The highest BCUT2D eigenvalue weighted by Gasteiger charge is 2.05. The number of hydrogen-bond donors (Lipinski definition) is 4. The molecule has 5 N–H and O–H groups in total. The molecular formula is C10H11N3O3S. The van der Waals surface area contributed by atoms with Crippen LogP contribution in [0.1, 0.15) is 10.4 Å². The summed E-state index contributed by atoms with van der Waals surface area (Å²) in [6, 6.07) is 5.80. The van der Waals surface area contributed by atoms with Gasteiger partial charge in [-0.2, -0.15) is 0 Å². The molecule has 0 atom stereocenters. The number of nitrogens with two attached hydrogens (primary N) is 1. The van der Waals surface area contributed by atoms with Crippen LogP contribution < -0.4 is 11.1 Å². The fourth-order valence-electron chi connectivity index (χ4n) is 1.04. The Morgan fingerprint density at radius 1 is 1.35 bits per heavy atom. The number of hydrogen-bond acceptors (Lipinski definition) is 4. The lowest BCUT2D eigenvalue weighted by atomic mass is 10.2. The normalized spacial score (nSPS) is 9.65. The molecule has 0 heterocycles. The molecule has 1 aromatic rings. The molecule has 90 valence electrons. The van der Waals surface area contributed by atoms with Crippen LogP contribution >= 0.6 is 11.8 Å². The summed E-state index contributed by atoms with van der Waals surface area (Å²) in [5, 5.41) is 18.0. The number of benzene rings is 1. The quantitative estimate of drug-likeness (QED) is 0.471. The largest absolute Gasteiger partial charge is 0.478 e. The van der Waals surface area contributed by atoms with Gasteiger partial charge in [-0.1, -0.05) is 11.8 Å². The number of rotatable bonds is 4. The molecule has 0 saturated heterocycles. The van der Waals surface area contributed by atoms with Gasteiger partial charge in [0.15, 0.2) is 5.17 Å². The minimum Gasteiger partial charge on any atom is -0.478 e. The molecular weight excluding hydrogens is 242 g/mol. The topological polar surface area (TPSA) is 116 Å². The number of nitrogens with one attached hydrogen (secondary N) is 2. The molecule has 0 saturated carbocycles. The first-order valence-corrected chi connectivity index (χ1v) is 5.57. The van der Waals surface area contributed by atoms with Gasteiger partial charge in [0.05, 0.1) is 11.3 Å². The molecule has 0 fully saturated rings. The molecule has 0 aromatic heterocycles. The van der Waals surface area contributed by atoms with E-state index in [9.17, 15) is 9.59 Å². The standard InChI is InChI=1S/C10H11N3O3S/c11-10(12)17-5-8(14)13-7-3-1-6(2-4-7)9(15)16/h1-4H,5H2,(H3,11,12)(H,13,14)(H,15,16). The minimum atomic E-state index is -1.02. The van der Waals surface area contributed by atoms with E-state index in [1.165, 1.54) is 24.3 Å². The molecule has 0 bridgehead atoms. The molecule has 6 nitrogen and oxygen atoms in total. The number of carboxylic acid groups (broad SMARTS) is 1. The first-order valence-electron chi connectivity index (χ1n) is 4.59. The minimum absolute atomic E-state index is 0.0516. The molecule has 0 aliphatic heterocycles. The van der Waals surface area contributed by atoms with Crippen LogP contribution in [0.3, 0.4) is 0 Å². The summed E-state index contributed by atoms with van der Waals surface area (Å²) < 4.78 is 0. The maximum absolute atomic E-state index is 11.3. The third kappa shape index (κ3) is 4.56. The van der Waals surface area contributed by atoms with Crippen LogP contribution in [0.2, 0.25) is 0 Å². The van der Waals surface area contributed by atoms with Crippen molar-refractivity contribution in [2.75, 3.05) is 11.1 Å². The Morgan fingerprint density at radius 3 is 2.41 bits per heavy atom. The van der Waals surface area contributed by atoms with Crippen molar-refractivity contribution in [2.45, 2.75) is 0 Å². The van der Waals surface area contributed by atoms with Crippen LogP contribution in [0.25, 0.3) is 0 Å². The third-order valence-corrected chi connectivity index (χ3v) is 2.49.